The number of hydrogen-bond acceptors (Lipinski definition) is 5. The zero-order chi connectivity index (χ0) is 24.2. The van der Waals surface area contributed by atoms with Crippen LogP contribution in [0.3, 0.4) is 0 Å². The molecule has 4 aromatic rings. The molecule has 2 aromatic carbocycles. The van der Waals surface area contributed by atoms with E-state index in [-0.39, 0.29) is 11.8 Å². The Morgan fingerprint density at radius 2 is 1.86 bits per heavy atom. The van der Waals surface area contributed by atoms with E-state index >= 15 is 0 Å². The van der Waals surface area contributed by atoms with Crippen LogP contribution in [0.15, 0.2) is 73.2 Å². The Balaban J connectivity index is 1.21. The van der Waals surface area contributed by atoms with Gasteiger partial charge in [-0.15, -0.1) is 0 Å². The Bertz CT molecular complexity index is 1340. The van der Waals surface area contributed by atoms with E-state index in [0.29, 0.717) is 35.0 Å². The third kappa shape index (κ3) is 4.96. The number of aromatic nitrogens is 2. The summed E-state index contributed by atoms with van der Waals surface area (Å²) >= 11 is 0. The second-order valence-corrected chi connectivity index (χ2v) is 8.85. The predicted molar refractivity (Wildman–Crippen MR) is 139 cm³/mol. The van der Waals surface area contributed by atoms with Crippen molar-refractivity contribution in [3.8, 4) is 0 Å². The van der Waals surface area contributed by atoms with Crippen LogP contribution in [-0.2, 0) is 0 Å². The van der Waals surface area contributed by atoms with Crippen molar-refractivity contribution in [1.29, 1.82) is 0 Å². The SMILES string of the molecule is Nc1cccc(C(=O)c2ccc3cc[nH]c3c2)c1NC(=O)NCC1CCN(c2ccncc2)CC1. The number of pyridine rings is 1. The van der Waals surface area contributed by atoms with Gasteiger partial charge in [0.15, 0.2) is 5.78 Å². The van der Waals surface area contributed by atoms with Gasteiger partial charge in [0.1, 0.15) is 0 Å². The van der Waals surface area contributed by atoms with Crippen LogP contribution < -0.4 is 21.3 Å². The molecule has 0 atom stereocenters. The van der Waals surface area contributed by atoms with Crippen LogP contribution in [0.4, 0.5) is 21.9 Å². The number of H-pyrrole nitrogens is 1. The fourth-order valence-corrected chi connectivity index (χ4v) is 4.59. The number of piperidine rings is 1. The molecule has 3 heterocycles. The number of fused-ring (bicyclic) bond motifs is 1. The molecule has 35 heavy (non-hydrogen) atoms. The number of nitrogens with two attached hydrogens (primary N) is 1. The van der Waals surface area contributed by atoms with Crippen molar-refractivity contribution in [2.24, 2.45) is 5.92 Å². The lowest BCUT2D eigenvalue weighted by Gasteiger charge is -2.33. The molecule has 0 bridgehead atoms. The number of amides is 2. The molecular weight excluding hydrogens is 440 g/mol. The average Bonchev–Trinajstić information content (AvgIpc) is 3.37. The molecule has 1 aliphatic heterocycles. The smallest absolute Gasteiger partial charge is 0.319 e. The van der Waals surface area contributed by atoms with Gasteiger partial charge in [-0.25, -0.2) is 4.79 Å². The third-order valence-corrected chi connectivity index (χ3v) is 6.59. The molecule has 8 heteroatoms. The summed E-state index contributed by atoms with van der Waals surface area (Å²) in [5.74, 6) is 0.188. The van der Waals surface area contributed by atoms with Crippen molar-refractivity contribution in [3.63, 3.8) is 0 Å². The zero-order valence-corrected chi connectivity index (χ0v) is 19.3. The number of urea groups is 1. The highest BCUT2D eigenvalue weighted by atomic mass is 16.2. The lowest BCUT2D eigenvalue weighted by Crippen LogP contribution is -2.40. The number of hydrogen-bond donors (Lipinski definition) is 4. The number of rotatable bonds is 6. The Labute approximate surface area is 203 Å². The molecule has 5 N–H and O–H groups in total. The minimum absolute atomic E-state index is 0.201. The molecule has 5 rings (SSSR count). The number of carbonyl (C=O) groups is 2. The second kappa shape index (κ2) is 9.89. The monoisotopic (exact) mass is 468 g/mol. The number of ketones is 1. The quantitative estimate of drug-likeness (QED) is 0.247. The first-order chi connectivity index (χ1) is 17.1. The number of para-hydroxylation sites is 1. The van der Waals surface area contributed by atoms with Gasteiger partial charge in [0, 0.05) is 60.6 Å². The predicted octanol–water partition coefficient (Wildman–Crippen LogP) is 4.41. The van der Waals surface area contributed by atoms with Gasteiger partial charge in [0.05, 0.1) is 11.4 Å². The summed E-state index contributed by atoms with van der Waals surface area (Å²) in [6.07, 6.45) is 7.42. The van der Waals surface area contributed by atoms with E-state index in [1.54, 1.807) is 36.7 Å². The number of nitrogens with zero attached hydrogens (tertiary/aromatic N) is 2. The number of nitrogens with one attached hydrogen (secondary N) is 3. The van der Waals surface area contributed by atoms with Crippen LogP contribution in [0.2, 0.25) is 0 Å². The van der Waals surface area contributed by atoms with Crippen molar-refractivity contribution < 1.29 is 9.59 Å². The Kier molecular flexibility index (Phi) is 6.34. The molecule has 2 amide bonds. The summed E-state index contributed by atoms with van der Waals surface area (Å²) < 4.78 is 0. The summed E-state index contributed by atoms with van der Waals surface area (Å²) in [7, 11) is 0. The lowest BCUT2D eigenvalue weighted by atomic mass is 9.96. The van der Waals surface area contributed by atoms with Gasteiger partial charge in [-0.2, -0.15) is 0 Å². The number of nitrogen functional groups attached to an aromatic ring is 1. The van der Waals surface area contributed by atoms with Gasteiger partial charge in [0.2, 0.25) is 0 Å². The van der Waals surface area contributed by atoms with Crippen LogP contribution in [-0.4, -0.2) is 41.4 Å². The number of benzene rings is 2. The highest BCUT2D eigenvalue weighted by molar-refractivity contribution is 6.16. The van der Waals surface area contributed by atoms with Crippen LogP contribution >= 0.6 is 0 Å². The molecule has 1 aliphatic rings. The van der Waals surface area contributed by atoms with Gasteiger partial charge >= 0.3 is 6.03 Å². The Morgan fingerprint density at radius 3 is 2.66 bits per heavy atom. The molecule has 178 valence electrons. The maximum atomic E-state index is 13.3. The maximum absolute atomic E-state index is 13.3. The van der Waals surface area contributed by atoms with Gasteiger partial charge < -0.3 is 26.3 Å². The summed E-state index contributed by atoms with van der Waals surface area (Å²) in [5.41, 5.74) is 9.77. The first-order valence-corrected chi connectivity index (χ1v) is 11.8. The molecule has 0 spiro atoms. The van der Waals surface area contributed by atoms with Crippen LogP contribution in [0, 0.1) is 5.92 Å². The highest BCUT2D eigenvalue weighted by Crippen LogP contribution is 2.27. The summed E-state index contributed by atoms with van der Waals surface area (Å²) in [5, 5.41) is 6.80. The van der Waals surface area contributed by atoms with E-state index in [1.807, 2.05) is 36.5 Å². The molecule has 2 aromatic heterocycles. The van der Waals surface area contributed by atoms with Gasteiger partial charge in [0.25, 0.3) is 0 Å². The third-order valence-electron chi connectivity index (χ3n) is 6.59. The first kappa shape index (κ1) is 22.5. The molecular formula is C27H28N6O2. The van der Waals surface area contributed by atoms with Crippen molar-refractivity contribution >= 4 is 39.8 Å². The topological polar surface area (TPSA) is 116 Å². The minimum atomic E-state index is -0.367. The Morgan fingerprint density at radius 1 is 1.06 bits per heavy atom. The van der Waals surface area contributed by atoms with E-state index in [0.717, 1.165) is 36.8 Å². The highest BCUT2D eigenvalue weighted by Gasteiger charge is 2.21. The van der Waals surface area contributed by atoms with Crippen LogP contribution in [0.1, 0.15) is 28.8 Å². The zero-order valence-electron chi connectivity index (χ0n) is 19.3. The van der Waals surface area contributed by atoms with Gasteiger partial charge in [-0.05, 0) is 60.5 Å². The minimum Gasteiger partial charge on any atom is -0.397 e. The number of aromatic amines is 1. The second-order valence-electron chi connectivity index (χ2n) is 8.85. The molecule has 8 nitrogen and oxygen atoms in total. The molecule has 0 saturated carbocycles. The van der Waals surface area contributed by atoms with Gasteiger partial charge in [-0.1, -0.05) is 18.2 Å². The average molecular weight is 469 g/mol. The summed E-state index contributed by atoms with van der Waals surface area (Å²) in [4.78, 5) is 35.5. The molecule has 0 unspecified atom stereocenters. The molecule has 1 fully saturated rings. The fraction of sp³-hybridized carbons (Fsp3) is 0.222. The largest absolute Gasteiger partial charge is 0.397 e. The lowest BCUT2D eigenvalue weighted by molar-refractivity contribution is 0.103. The van der Waals surface area contributed by atoms with Crippen LogP contribution in [0.5, 0.6) is 0 Å². The van der Waals surface area contributed by atoms with E-state index in [1.165, 1.54) is 5.69 Å². The van der Waals surface area contributed by atoms with Crippen LogP contribution in [0.25, 0.3) is 10.9 Å². The first-order valence-electron chi connectivity index (χ1n) is 11.8. The van der Waals surface area contributed by atoms with Crippen molar-refractivity contribution in [2.75, 3.05) is 35.6 Å². The fourth-order valence-electron chi connectivity index (χ4n) is 4.59. The maximum Gasteiger partial charge on any atom is 0.319 e. The van der Waals surface area contributed by atoms with E-state index in [2.05, 4.69) is 25.5 Å². The standard InChI is InChI=1S/C27H28N6O2/c28-23-3-1-2-22(26(34)20-5-4-19-6-13-30-24(19)16-20)25(23)32-27(35)31-17-18-9-14-33(15-10-18)21-7-11-29-12-8-21/h1-8,11-13,16,18,30H,9-10,14-15,17,28H2,(H2,31,32,35). The summed E-state index contributed by atoms with van der Waals surface area (Å²) in [6, 6.07) is 16.2. The number of anilines is 3. The van der Waals surface area contributed by atoms with Crippen molar-refractivity contribution in [2.45, 2.75) is 12.8 Å². The number of carbonyl (C=O) groups excluding carboxylic acids is 2. The van der Waals surface area contributed by atoms with Gasteiger partial charge in [-0.3, -0.25) is 9.78 Å². The molecule has 0 radical (unpaired) electrons. The summed E-state index contributed by atoms with van der Waals surface area (Å²) in [6.45, 7) is 2.44. The molecule has 1 saturated heterocycles. The van der Waals surface area contributed by atoms with E-state index in [9.17, 15) is 9.59 Å². The Hall–Kier alpha value is -4.33. The van der Waals surface area contributed by atoms with Crippen molar-refractivity contribution in [1.82, 2.24) is 15.3 Å². The van der Waals surface area contributed by atoms with E-state index < -0.39 is 0 Å². The normalized spacial score (nSPS) is 14.1. The molecule has 0 aliphatic carbocycles. The van der Waals surface area contributed by atoms with E-state index in [4.69, 9.17) is 5.73 Å². The van der Waals surface area contributed by atoms with Crippen molar-refractivity contribution in [3.05, 3.63) is 84.3 Å².